The van der Waals surface area contributed by atoms with Crippen LogP contribution < -0.4 is 15.5 Å². The fourth-order valence-electron chi connectivity index (χ4n) is 1.99. The van der Waals surface area contributed by atoms with Gasteiger partial charge in [-0.05, 0) is 29.8 Å². The predicted molar refractivity (Wildman–Crippen MR) is 95.1 cm³/mol. The van der Waals surface area contributed by atoms with Gasteiger partial charge in [-0.1, -0.05) is 12.1 Å². The minimum Gasteiger partial charge on any atom is -0.495 e. The van der Waals surface area contributed by atoms with Crippen LogP contribution in [0.4, 0.5) is 11.4 Å². The summed E-state index contributed by atoms with van der Waals surface area (Å²) in [5.74, 6) is -0.634. The van der Waals surface area contributed by atoms with Crippen molar-refractivity contribution in [2.24, 2.45) is 5.10 Å². The van der Waals surface area contributed by atoms with Gasteiger partial charge in [0.1, 0.15) is 12.2 Å². The Hall–Kier alpha value is -3.75. The molecule has 0 fully saturated rings. The summed E-state index contributed by atoms with van der Waals surface area (Å²) >= 11 is 0. The van der Waals surface area contributed by atoms with Gasteiger partial charge in [-0.2, -0.15) is 5.10 Å². The molecule has 0 heterocycles. The molecule has 2 amide bonds. The number of nitro benzene ring substituents is 1. The zero-order chi connectivity index (χ0) is 18.9. The van der Waals surface area contributed by atoms with Gasteiger partial charge in [-0.15, -0.1) is 0 Å². The molecule has 0 radical (unpaired) electrons. The lowest BCUT2D eigenvalue weighted by molar-refractivity contribution is -0.384. The van der Waals surface area contributed by atoms with Crippen LogP contribution in [0, 0.1) is 10.1 Å². The smallest absolute Gasteiger partial charge is 0.269 e. The Morgan fingerprint density at radius 2 is 1.85 bits per heavy atom. The van der Waals surface area contributed by atoms with Gasteiger partial charge in [-0.3, -0.25) is 19.7 Å². The Labute approximate surface area is 148 Å². The van der Waals surface area contributed by atoms with Crippen molar-refractivity contribution in [3.63, 3.8) is 0 Å². The normalized spacial score (nSPS) is 10.3. The number of carbonyl (C=O) groups is 2. The summed E-state index contributed by atoms with van der Waals surface area (Å²) in [5, 5.41) is 16.8. The zero-order valence-corrected chi connectivity index (χ0v) is 13.8. The van der Waals surface area contributed by atoms with Crippen LogP contribution in [-0.2, 0) is 9.59 Å². The van der Waals surface area contributed by atoms with Crippen molar-refractivity contribution in [3.8, 4) is 5.75 Å². The first-order chi connectivity index (χ1) is 12.5. The van der Waals surface area contributed by atoms with Crippen LogP contribution in [0.25, 0.3) is 0 Å². The fraction of sp³-hybridized carbons (Fsp3) is 0.118. The van der Waals surface area contributed by atoms with Crippen LogP contribution >= 0.6 is 0 Å². The molecule has 0 aliphatic heterocycles. The number of anilines is 1. The number of nitro groups is 1. The predicted octanol–water partition coefficient (Wildman–Crippen LogP) is 2.08. The number of ether oxygens (including phenoxy) is 1. The van der Waals surface area contributed by atoms with Gasteiger partial charge in [0, 0.05) is 12.1 Å². The average Bonchev–Trinajstić information content (AvgIpc) is 2.62. The van der Waals surface area contributed by atoms with Crippen LogP contribution in [0.15, 0.2) is 53.6 Å². The molecule has 0 spiro atoms. The second kappa shape index (κ2) is 8.92. The van der Waals surface area contributed by atoms with E-state index in [0.29, 0.717) is 17.0 Å². The molecule has 0 unspecified atom stereocenters. The van der Waals surface area contributed by atoms with Crippen molar-refractivity contribution in [2.45, 2.75) is 6.42 Å². The Morgan fingerprint density at radius 1 is 1.15 bits per heavy atom. The molecule has 0 bridgehead atoms. The van der Waals surface area contributed by atoms with Crippen LogP contribution in [0.2, 0.25) is 0 Å². The third-order valence-electron chi connectivity index (χ3n) is 3.21. The molecule has 134 valence electrons. The highest BCUT2D eigenvalue weighted by Gasteiger charge is 2.11. The van der Waals surface area contributed by atoms with Gasteiger partial charge in [0.25, 0.3) is 5.69 Å². The average molecular weight is 356 g/mol. The molecule has 0 aliphatic rings. The molecule has 9 nitrogen and oxygen atoms in total. The fourth-order valence-corrected chi connectivity index (χ4v) is 1.99. The van der Waals surface area contributed by atoms with Gasteiger partial charge in [0.15, 0.2) is 0 Å². The molecule has 0 saturated heterocycles. The number of amides is 2. The molecular formula is C17H16N4O5. The first kappa shape index (κ1) is 18.6. The van der Waals surface area contributed by atoms with E-state index in [0.717, 1.165) is 0 Å². The van der Waals surface area contributed by atoms with E-state index < -0.39 is 23.2 Å². The third-order valence-corrected chi connectivity index (χ3v) is 3.21. The molecule has 0 saturated carbocycles. The highest BCUT2D eigenvalue weighted by Crippen LogP contribution is 2.22. The second-order valence-electron chi connectivity index (χ2n) is 5.07. The molecule has 2 rings (SSSR count). The van der Waals surface area contributed by atoms with E-state index in [9.17, 15) is 19.7 Å². The minimum atomic E-state index is -0.601. The van der Waals surface area contributed by atoms with Gasteiger partial charge < -0.3 is 10.1 Å². The molecule has 0 atom stereocenters. The summed E-state index contributed by atoms with van der Waals surface area (Å²) in [7, 11) is 1.48. The quantitative estimate of drug-likeness (QED) is 0.340. The van der Waals surface area contributed by atoms with Crippen molar-refractivity contribution in [2.75, 3.05) is 12.4 Å². The van der Waals surface area contributed by atoms with E-state index in [1.165, 1.54) is 37.6 Å². The number of hydrazone groups is 1. The number of carbonyl (C=O) groups excluding carboxylic acids is 2. The summed E-state index contributed by atoms with van der Waals surface area (Å²) < 4.78 is 5.11. The summed E-state index contributed by atoms with van der Waals surface area (Å²) in [5.41, 5.74) is 3.20. The van der Waals surface area contributed by atoms with Gasteiger partial charge >= 0.3 is 0 Å². The van der Waals surface area contributed by atoms with Crippen LogP contribution in [0.1, 0.15) is 12.0 Å². The Balaban J connectivity index is 1.84. The van der Waals surface area contributed by atoms with E-state index in [1.807, 2.05) is 0 Å². The molecular weight excluding hydrogens is 340 g/mol. The molecule has 26 heavy (non-hydrogen) atoms. The lowest BCUT2D eigenvalue weighted by Crippen LogP contribution is -2.24. The number of para-hydroxylation sites is 2. The first-order valence-corrected chi connectivity index (χ1v) is 7.49. The topological polar surface area (TPSA) is 123 Å². The standard InChI is InChI=1S/C17H16N4O5/c1-26-15-5-3-2-4-14(15)19-16(22)10-17(23)20-18-11-12-6-8-13(9-7-12)21(24)25/h2-9,11H,10H2,1H3,(H,19,22)(H,20,23). The lowest BCUT2D eigenvalue weighted by atomic mass is 10.2. The SMILES string of the molecule is COc1ccccc1NC(=O)CC(=O)NN=Cc1ccc([N+](=O)[O-])cc1. The number of nitrogens with one attached hydrogen (secondary N) is 2. The maximum Gasteiger partial charge on any atom is 0.269 e. The molecule has 2 aromatic carbocycles. The first-order valence-electron chi connectivity index (χ1n) is 7.49. The second-order valence-corrected chi connectivity index (χ2v) is 5.07. The maximum absolute atomic E-state index is 11.9. The van der Waals surface area contributed by atoms with Gasteiger partial charge in [0.05, 0.1) is 23.9 Å². The van der Waals surface area contributed by atoms with Crippen molar-refractivity contribution < 1.29 is 19.2 Å². The van der Waals surface area contributed by atoms with E-state index in [2.05, 4.69) is 15.8 Å². The van der Waals surface area contributed by atoms with Crippen molar-refractivity contribution >= 4 is 29.4 Å². The van der Waals surface area contributed by atoms with Gasteiger partial charge in [-0.25, -0.2) is 5.43 Å². The summed E-state index contributed by atoms with van der Waals surface area (Å²) in [6.45, 7) is 0. The number of hydrogen-bond donors (Lipinski definition) is 2. The third kappa shape index (κ3) is 5.41. The monoisotopic (exact) mass is 356 g/mol. The number of benzene rings is 2. The summed E-state index contributed by atoms with van der Waals surface area (Å²) in [4.78, 5) is 33.7. The Kier molecular flexibility index (Phi) is 6.38. The van der Waals surface area contributed by atoms with Crippen molar-refractivity contribution in [1.29, 1.82) is 0 Å². The lowest BCUT2D eigenvalue weighted by Gasteiger charge is -2.09. The maximum atomic E-state index is 11.9. The van der Waals surface area contributed by atoms with Crippen LogP contribution in [-0.4, -0.2) is 30.1 Å². The van der Waals surface area contributed by atoms with E-state index in [4.69, 9.17) is 4.74 Å². The van der Waals surface area contributed by atoms with Crippen LogP contribution in [0.5, 0.6) is 5.75 Å². The minimum absolute atomic E-state index is 0.0424. The molecule has 9 heteroatoms. The van der Waals surface area contributed by atoms with Gasteiger partial charge in [0.2, 0.25) is 11.8 Å². The number of rotatable bonds is 7. The highest BCUT2D eigenvalue weighted by molar-refractivity contribution is 6.04. The number of non-ortho nitro benzene ring substituents is 1. The van der Waals surface area contributed by atoms with E-state index in [-0.39, 0.29) is 5.69 Å². The summed E-state index contributed by atoms with van der Waals surface area (Å²) in [6.07, 6.45) is 0.898. The largest absolute Gasteiger partial charge is 0.495 e. The number of nitrogens with zero attached hydrogens (tertiary/aromatic N) is 2. The van der Waals surface area contributed by atoms with E-state index in [1.54, 1.807) is 24.3 Å². The number of hydrogen-bond acceptors (Lipinski definition) is 6. The highest BCUT2D eigenvalue weighted by atomic mass is 16.6. The van der Waals surface area contributed by atoms with Crippen molar-refractivity contribution in [3.05, 3.63) is 64.2 Å². The summed E-state index contributed by atoms with van der Waals surface area (Å²) in [6, 6.07) is 12.4. The molecule has 0 aromatic heterocycles. The van der Waals surface area contributed by atoms with E-state index >= 15 is 0 Å². The molecule has 0 aliphatic carbocycles. The Bertz CT molecular complexity index is 833. The molecule has 2 aromatic rings. The zero-order valence-electron chi connectivity index (χ0n) is 13.8. The molecule has 2 N–H and O–H groups in total. The van der Waals surface area contributed by atoms with Crippen molar-refractivity contribution in [1.82, 2.24) is 5.43 Å². The van der Waals surface area contributed by atoms with Crippen LogP contribution in [0.3, 0.4) is 0 Å². The Morgan fingerprint density at radius 3 is 2.50 bits per heavy atom. The number of methoxy groups -OCH3 is 1.